The smallest absolute Gasteiger partial charge is 0.462 e. The first-order valence-corrected chi connectivity index (χ1v) is 24.0. The molecule has 0 saturated heterocycles. The van der Waals surface area contributed by atoms with Crippen LogP contribution < -0.4 is 5.73 Å². The predicted octanol–water partition coefficient (Wildman–Crippen LogP) is 12.8. The molecule has 9 nitrogen and oxygen atoms in total. The molecule has 0 rings (SSSR count). The van der Waals surface area contributed by atoms with Gasteiger partial charge in [-0.3, -0.25) is 18.6 Å². The Labute approximate surface area is 327 Å². The van der Waals surface area contributed by atoms with Crippen molar-refractivity contribution < 1.29 is 37.6 Å². The number of nitrogens with two attached hydrogens (primary N) is 1. The van der Waals surface area contributed by atoms with Crippen LogP contribution in [0.1, 0.15) is 232 Å². The fourth-order valence-electron chi connectivity index (χ4n) is 6.64. The number of hydrogen-bond acceptors (Lipinski definition) is 8. The van der Waals surface area contributed by atoms with Crippen LogP contribution in [-0.4, -0.2) is 49.3 Å². The highest BCUT2D eigenvalue weighted by atomic mass is 31.2. The zero-order valence-electron chi connectivity index (χ0n) is 34.8. The molecule has 0 amide bonds. The quantitative estimate of drug-likeness (QED) is 0.0352. The first kappa shape index (κ1) is 52.0. The highest BCUT2D eigenvalue weighted by molar-refractivity contribution is 7.47. The fraction of sp³-hybridized carbons (Fsp3) is 0.953. The molecule has 2 atom stereocenters. The molecule has 0 fully saturated rings. The van der Waals surface area contributed by atoms with Gasteiger partial charge >= 0.3 is 19.8 Å². The lowest BCUT2D eigenvalue weighted by Crippen LogP contribution is -2.29. The van der Waals surface area contributed by atoms with Crippen LogP contribution in [0.25, 0.3) is 0 Å². The van der Waals surface area contributed by atoms with E-state index >= 15 is 0 Å². The second kappa shape index (κ2) is 40.7. The van der Waals surface area contributed by atoms with Crippen LogP contribution in [0.3, 0.4) is 0 Å². The second-order valence-corrected chi connectivity index (χ2v) is 16.7. The van der Waals surface area contributed by atoms with Gasteiger partial charge in [0, 0.05) is 19.4 Å². The van der Waals surface area contributed by atoms with E-state index in [1.807, 2.05) is 0 Å². The Morgan fingerprint density at radius 1 is 0.491 bits per heavy atom. The Balaban J connectivity index is 4.06. The molecule has 1 unspecified atom stereocenters. The molecule has 0 aliphatic heterocycles. The second-order valence-electron chi connectivity index (χ2n) is 15.3. The lowest BCUT2D eigenvalue weighted by Gasteiger charge is -2.19. The zero-order chi connectivity index (χ0) is 38.9. The van der Waals surface area contributed by atoms with E-state index in [4.69, 9.17) is 24.3 Å². The fourth-order valence-corrected chi connectivity index (χ4v) is 7.40. The number of ether oxygens (including phenoxy) is 2. The summed E-state index contributed by atoms with van der Waals surface area (Å²) in [4.78, 5) is 34.9. The molecule has 316 valence electrons. The van der Waals surface area contributed by atoms with E-state index in [0.29, 0.717) is 6.42 Å². The Bertz CT molecular complexity index is 845. The van der Waals surface area contributed by atoms with Crippen LogP contribution in [0.15, 0.2) is 0 Å². The molecule has 0 heterocycles. The normalized spacial score (nSPS) is 13.2. The molecule has 0 spiro atoms. The van der Waals surface area contributed by atoms with Crippen LogP contribution in [0.2, 0.25) is 0 Å². The van der Waals surface area contributed by atoms with Crippen molar-refractivity contribution in [2.45, 2.75) is 238 Å². The zero-order valence-corrected chi connectivity index (χ0v) is 35.7. The highest BCUT2D eigenvalue weighted by Gasteiger charge is 2.26. The molecule has 53 heavy (non-hydrogen) atoms. The van der Waals surface area contributed by atoms with E-state index in [-0.39, 0.29) is 38.6 Å². The van der Waals surface area contributed by atoms with Crippen molar-refractivity contribution in [2.24, 2.45) is 5.73 Å². The number of esters is 2. The van der Waals surface area contributed by atoms with Gasteiger partial charge in [-0.15, -0.1) is 0 Å². The summed E-state index contributed by atoms with van der Waals surface area (Å²) in [6, 6.07) is 0. The van der Waals surface area contributed by atoms with Crippen molar-refractivity contribution >= 4 is 19.8 Å². The molecular weight excluding hydrogens is 689 g/mol. The number of hydrogen-bond donors (Lipinski definition) is 2. The van der Waals surface area contributed by atoms with Crippen molar-refractivity contribution in [1.82, 2.24) is 0 Å². The van der Waals surface area contributed by atoms with E-state index in [1.165, 1.54) is 167 Å². The predicted molar refractivity (Wildman–Crippen MR) is 220 cm³/mol. The van der Waals surface area contributed by atoms with Gasteiger partial charge in [-0.25, -0.2) is 4.57 Å². The minimum absolute atomic E-state index is 0.0581. The third-order valence-electron chi connectivity index (χ3n) is 9.99. The van der Waals surface area contributed by atoms with E-state index in [9.17, 15) is 19.0 Å². The molecule has 3 N–H and O–H groups in total. The minimum atomic E-state index is -4.37. The average molecular weight is 776 g/mol. The van der Waals surface area contributed by atoms with Crippen LogP contribution in [0, 0.1) is 0 Å². The number of phosphoric ester groups is 1. The molecule has 0 bridgehead atoms. The lowest BCUT2D eigenvalue weighted by atomic mass is 10.0. The Hall–Kier alpha value is -0.990. The SMILES string of the molecule is CCCCCCCCCCCCCCCCCCCCCC(=O)O[C@H](COC(=O)CCCCCCCCCCCCCCC)COP(=O)(O)OCCN. The number of rotatable bonds is 43. The number of carbonyl (C=O) groups is 2. The third-order valence-corrected chi connectivity index (χ3v) is 11.0. The van der Waals surface area contributed by atoms with E-state index in [0.717, 1.165) is 32.1 Å². The highest BCUT2D eigenvalue weighted by Crippen LogP contribution is 2.43. The first-order chi connectivity index (χ1) is 25.8. The molecule has 0 aromatic heterocycles. The number of phosphoric acid groups is 1. The molecule has 0 saturated carbocycles. The standard InChI is InChI=1S/C43H86NO8P/c1-3-5-7-9-11-13-15-17-18-19-20-21-22-24-26-28-30-32-34-36-43(46)52-41(40-51-53(47,48)50-38-37-44)39-49-42(45)35-33-31-29-27-25-23-16-14-12-10-8-6-4-2/h41H,3-40,44H2,1-2H3,(H,47,48)/t41-/m1/s1. The minimum Gasteiger partial charge on any atom is -0.462 e. The van der Waals surface area contributed by atoms with Crippen molar-refractivity contribution in [3.05, 3.63) is 0 Å². The maximum absolute atomic E-state index is 12.6. The van der Waals surface area contributed by atoms with Gasteiger partial charge in [0.05, 0.1) is 13.2 Å². The molecular formula is C43H86NO8P. The van der Waals surface area contributed by atoms with Crippen LogP contribution in [0.5, 0.6) is 0 Å². The van der Waals surface area contributed by atoms with Gasteiger partial charge in [0.1, 0.15) is 6.61 Å². The number of unbranched alkanes of at least 4 members (excludes halogenated alkanes) is 30. The maximum Gasteiger partial charge on any atom is 0.472 e. The van der Waals surface area contributed by atoms with Gasteiger partial charge in [0.2, 0.25) is 0 Å². The summed E-state index contributed by atoms with van der Waals surface area (Å²) < 4.78 is 32.8. The monoisotopic (exact) mass is 776 g/mol. The molecule has 10 heteroatoms. The van der Waals surface area contributed by atoms with Gasteiger partial charge in [0.15, 0.2) is 6.10 Å². The van der Waals surface area contributed by atoms with Gasteiger partial charge in [0.25, 0.3) is 0 Å². The van der Waals surface area contributed by atoms with Crippen LogP contribution in [0.4, 0.5) is 0 Å². The van der Waals surface area contributed by atoms with Gasteiger partial charge in [-0.2, -0.15) is 0 Å². The van der Waals surface area contributed by atoms with Crippen LogP contribution >= 0.6 is 7.82 Å². The van der Waals surface area contributed by atoms with E-state index in [1.54, 1.807) is 0 Å². The summed E-state index contributed by atoms with van der Waals surface area (Å²) in [5.41, 5.74) is 5.35. The summed E-state index contributed by atoms with van der Waals surface area (Å²) in [6.07, 6.45) is 39.9. The average Bonchev–Trinajstić information content (AvgIpc) is 3.14. The largest absolute Gasteiger partial charge is 0.472 e. The number of carbonyl (C=O) groups excluding carboxylic acids is 2. The third kappa shape index (κ3) is 40.5. The first-order valence-electron chi connectivity index (χ1n) is 22.5. The van der Waals surface area contributed by atoms with Gasteiger partial charge in [-0.05, 0) is 12.8 Å². The Morgan fingerprint density at radius 3 is 1.15 bits per heavy atom. The summed E-state index contributed by atoms with van der Waals surface area (Å²) >= 11 is 0. The summed E-state index contributed by atoms with van der Waals surface area (Å²) in [5, 5.41) is 0. The maximum atomic E-state index is 12.6. The van der Waals surface area contributed by atoms with E-state index < -0.39 is 26.5 Å². The lowest BCUT2D eigenvalue weighted by molar-refractivity contribution is -0.161. The van der Waals surface area contributed by atoms with Crippen LogP contribution in [-0.2, 0) is 32.7 Å². The molecule has 0 radical (unpaired) electrons. The summed E-state index contributed by atoms with van der Waals surface area (Å²) in [5.74, 6) is -0.812. The van der Waals surface area contributed by atoms with Gasteiger partial charge < -0.3 is 20.1 Å². The van der Waals surface area contributed by atoms with Gasteiger partial charge in [-0.1, -0.05) is 206 Å². The van der Waals surface area contributed by atoms with E-state index in [2.05, 4.69) is 13.8 Å². The Morgan fingerprint density at radius 2 is 0.811 bits per heavy atom. The van der Waals surface area contributed by atoms with Crippen molar-refractivity contribution in [1.29, 1.82) is 0 Å². The topological polar surface area (TPSA) is 134 Å². The van der Waals surface area contributed by atoms with Crippen molar-refractivity contribution in [3.63, 3.8) is 0 Å². The molecule has 0 aromatic carbocycles. The molecule has 0 aliphatic rings. The Kier molecular flexibility index (Phi) is 39.9. The molecule has 0 aromatic rings. The molecule has 0 aliphatic carbocycles. The summed E-state index contributed by atoms with van der Waals surface area (Å²) in [6.45, 7) is 3.78. The van der Waals surface area contributed by atoms with Crippen molar-refractivity contribution in [3.8, 4) is 0 Å². The summed E-state index contributed by atoms with van der Waals surface area (Å²) in [7, 11) is -4.37. The van der Waals surface area contributed by atoms with Crippen molar-refractivity contribution in [2.75, 3.05) is 26.4 Å².